The average Bonchev–Trinajstić information content (AvgIpc) is 2.17. The summed E-state index contributed by atoms with van der Waals surface area (Å²) in [6.45, 7) is 8.18. The minimum Gasteiger partial charge on any atom is -0.324 e. The number of nitrogens with two attached hydrogens (primary N) is 1. The molecule has 1 aromatic rings. The largest absolute Gasteiger partial charge is 0.324 e. The van der Waals surface area contributed by atoms with Crippen LogP contribution in [-0.2, 0) is 0 Å². The predicted octanol–water partition coefficient (Wildman–Crippen LogP) is 4.11. The van der Waals surface area contributed by atoms with Gasteiger partial charge < -0.3 is 5.73 Å². The molecule has 0 aliphatic rings. The van der Waals surface area contributed by atoms with Crippen LogP contribution in [0.1, 0.15) is 36.9 Å². The Hall–Kier alpha value is -0.600. The van der Waals surface area contributed by atoms with Gasteiger partial charge >= 0.3 is 0 Å². The van der Waals surface area contributed by atoms with E-state index in [4.69, 9.17) is 5.73 Å². The van der Waals surface area contributed by atoms with Gasteiger partial charge in [-0.1, -0.05) is 47.1 Å². The quantitative estimate of drug-likeness (QED) is 0.817. The Morgan fingerprint density at radius 3 is 2.73 bits per heavy atom. The first-order valence-electron chi connectivity index (χ1n) is 5.23. The highest BCUT2D eigenvalue weighted by atomic mass is 79.9. The van der Waals surface area contributed by atoms with Crippen LogP contribution in [0.4, 0.5) is 0 Å². The standard InChI is InChI=1S/C13H18BrN/c1-4-9(2)8-13(15)11-6-5-10(3)7-12(11)14/h5-7,13H,2,4,8,15H2,1,3H3. The fourth-order valence-corrected chi connectivity index (χ4v) is 2.29. The van der Waals surface area contributed by atoms with E-state index in [0.717, 1.165) is 22.9 Å². The summed E-state index contributed by atoms with van der Waals surface area (Å²) in [6, 6.07) is 6.33. The number of benzene rings is 1. The summed E-state index contributed by atoms with van der Waals surface area (Å²) in [7, 11) is 0. The smallest absolute Gasteiger partial charge is 0.0343 e. The van der Waals surface area contributed by atoms with Gasteiger partial charge in [-0.2, -0.15) is 0 Å². The maximum Gasteiger partial charge on any atom is 0.0343 e. The lowest BCUT2D eigenvalue weighted by Crippen LogP contribution is -2.11. The van der Waals surface area contributed by atoms with Crippen LogP contribution in [0, 0.1) is 6.92 Å². The van der Waals surface area contributed by atoms with Crippen LogP contribution < -0.4 is 5.73 Å². The molecule has 82 valence electrons. The molecule has 0 fully saturated rings. The molecule has 0 aliphatic carbocycles. The van der Waals surface area contributed by atoms with E-state index in [2.05, 4.69) is 54.6 Å². The van der Waals surface area contributed by atoms with Crippen molar-refractivity contribution in [2.24, 2.45) is 5.73 Å². The monoisotopic (exact) mass is 267 g/mol. The molecule has 0 saturated heterocycles. The van der Waals surface area contributed by atoms with Crippen LogP contribution in [0.15, 0.2) is 34.8 Å². The molecule has 1 rings (SSSR count). The summed E-state index contributed by atoms with van der Waals surface area (Å²) >= 11 is 3.55. The van der Waals surface area contributed by atoms with Crippen molar-refractivity contribution in [3.8, 4) is 0 Å². The van der Waals surface area contributed by atoms with E-state index in [1.54, 1.807) is 0 Å². The van der Waals surface area contributed by atoms with Crippen molar-refractivity contribution in [3.05, 3.63) is 46.0 Å². The summed E-state index contributed by atoms with van der Waals surface area (Å²) in [5, 5.41) is 0. The van der Waals surface area contributed by atoms with E-state index in [9.17, 15) is 0 Å². The van der Waals surface area contributed by atoms with Crippen LogP contribution in [0.3, 0.4) is 0 Å². The minimum atomic E-state index is 0.0485. The van der Waals surface area contributed by atoms with Gasteiger partial charge in [-0.3, -0.25) is 0 Å². The lowest BCUT2D eigenvalue weighted by molar-refractivity contribution is 0.698. The minimum absolute atomic E-state index is 0.0485. The first kappa shape index (κ1) is 12.5. The molecule has 0 aromatic heterocycles. The number of halogens is 1. The molecular weight excluding hydrogens is 250 g/mol. The van der Waals surface area contributed by atoms with E-state index in [1.807, 2.05) is 0 Å². The summed E-state index contributed by atoms with van der Waals surface area (Å²) in [6.07, 6.45) is 1.86. The molecule has 2 N–H and O–H groups in total. The molecule has 2 heteroatoms. The molecule has 0 aliphatic heterocycles. The fraction of sp³-hybridized carbons (Fsp3) is 0.385. The molecular formula is C13H18BrN. The zero-order valence-electron chi connectivity index (χ0n) is 9.39. The van der Waals surface area contributed by atoms with E-state index < -0.39 is 0 Å². The maximum absolute atomic E-state index is 6.13. The molecule has 1 nitrogen and oxygen atoms in total. The zero-order chi connectivity index (χ0) is 11.4. The van der Waals surface area contributed by atoms with E-state index in [-0.39, 0.29) is 6.04 Å². The van der Waals surface area contributed by atoms with Gasteiger partial charge in [0.1, 0.15) is 0 Å². The molecule has 0 spiro atoms. The van der Waals surface area contributed by atoms with Gasteiger partial charge in [-0.05, 0) is 37.0 Å². The second-order valence-corrected chi connectivity index (χ2v) is 4.79. The van der Waals surface area contributed by atoms with Gasteiger partial charge in [0, 0.05) is 10.5 Å². The number of rotatable bonds is 4. The Morgan fingerprint density at radius 2 is 2.20 bits per heavy atom. The Bertz CT molecular complexity index is 358. The average molecular weight is 268 g/mol. The van der Waals surface area contributed by atoms with Crippen LogP contribution in [0.2, 0.25) is 0 Å². The van der Waals surface area contributed by atoms with E-state index >= 15 is 0 Å². The molecule has 15 heavy (non-hydrogen) atoms. The highest BCUT2D eigenvalue weighted by Crippen LogP contribution is 2.27. The van der Waals surface area contributed by atoms with Gasteiger partial charge in [0.15, 0.2) is 0 Å². The third-order valence-electron chi connectivity index (χ3n) is 2.56. The summed E-state index contributed by atoms with van der Waals surface area (Å²) in [4.78, 5) is 0. The Morgan fingerprint density at radius 1 is 1.53 bits per heavy atom. The molecule has 0 amide bonds. The third kappa shape index (κ3) is 3.47. The number of hydrogen-bond acceptors (Lipinski definition) is 1. The van der Waals surface area contributed by atoms with Crippen molar-refractivity contribution in [3.63, 3.8) is 0 Å². The van der Waals surface area contributed by atoms with Gasteiger partial charge in [0.25, 0.3) is 0 Å². The highest BCUT2D eigenvalue weighted by molar-refractivity contribution is 9.10. The molecule has 0 radical (unpaired) electrons. The molecule has 1 atom stereocenters. The first-order valence-corrected chi connectivity index (χ1v) is 6.02. The lowest BCUT2D eigenvalue weighted by atomic mass is 9.98. The van der Waals surface area contributed by atoms with Crippen molar-refractivity contribution in [1.82, 2.24) is 0 Å². The first-order chi connectivity index (χ1) is 7.04. The van der Waals surface area contributed by atoms with E-state index in [1.165, 1.54) is 11.1 Å². The fourth-order valence-electron chi connectivity index (χ4n) is 1.50. The van der Waals surface area contributed by atoms with Gasteiger partial charge in [0.2, 0.25) is 0 Å². The predicted molar refractivity (Wildman–Crippen MR) is 69.9 cm³/mol. The second-order valence-electron chi connectivity index (χ2n) is 3.94. The normalized spacial score (nSPS) is 12.5. The van der Waals surface area contributed by atoms with Gasteiger partial charge in [0.05, 0.1) is 0 Å². The van der Waals surface area contributed by atoms with Gasteiger partial charge in [-0.15, -0.1) is 0 Å². The maximum atomic E-state index is 6.13. The van der Waals surface area contributed by atoms with Crippen molar-refractivity contribution < 1.29 is 0 Å². The van der Waals surface area contributed by atoms with Crippen LogP contribution in [0.5, 0.6) is 0 Å². The summed E-state index contributed by atoms with van der Waals surface area (Å²) in [5.74, 6) is 0. The summed E-state index contributed by atoms with van der Waals surface area (Å²) < 4.78 is 1.10. The van der Waals surface area contributed by atoms with E-state index in [0.29, 0.717) is 0 Å². The van der Waals surface area contributed by atoms with Crippen LogP contribution in [-0.4, -0.2) is 0 Å². The molecule has 0 saturated carbocycles. The van der Waals surface area contributed by atoms with Crippen LogP contribution in [0.25, 0.3) is 0 Å². The third-order valence-corrected chi connectivity index (χ3v) is 3.25. The Labute approximate surface area is 101 Å². The number of hydrogen-bond donors (Lipinski definition) is 1. The SMILES string of the molecule is C=C(CC)CC(N)c1ccc(C)cc1Br. The van der Waals surface area contributed by atoms with Crippen molar-refractivity contribution in [2.75, 3.05) is 0 Å². The Balaban J connectivity index is 2.82. The topological polar surface area (TPSA) is 26.0 Å². The number of aryl methyl sites for hydroxylation is 1. The highest BCUT2D eigenvalue weighted by Gasteiger charge is 2.10. The van der Waals surface area contributed by atoms with Crippen molar-refractivity contribution in [1.29, 1.82) is 0 Å². The van der Waals surface area contributed by atoms with Crippen molar-refractivity contribution in [2.45, 2.75) is 32.7 Å². The van der Waals surface area contributed by atoms with Crippen molar-refractivity contribution >= 4 is 15.9 Å². The molecule has 0 heterocycles. The molecule has 0 bridgehead atoms. The van der Waals surface area contributed by atoms with Crippen LogP contribution >= 0.6 is 15.9 Å². The molecule has 1 aromatic carbocycles. The second kappa shape index (κ2) is 5.47. The summed E-state index contributed by atoms with van der Waals surface area (Å²) in [5.41, 5.74) is 9.74. The van der Waals surface area contributed by atoms with Gasteiger partial charge in [-0.25, -0.2) is 0 Å². The zero-order valence-corrected chi connectivity index (χ0v) is 11.0. The molecule has 1 unspecified atom stereocenters. The lowest BCUT2D eigenvalue weighted by Gasteiger charge is -2.15. The Kier molecular flexibility index (Phi) is 4.55.